The number of hydrogen-bond donors (Lipinski definition) is 2. The number of piperidine rings is 1. The Morgan fingerprint density at radius 2 is 1.97 bits per heavy atom. The Kier molecular flexibility index (Phi) is 5.89. The van der Waals surface area contributed by atoms with Crippen LogP contribution < -0.4 is 5.32 Å². The third kappa shape index (κ3) is 4.40. The van der Waals surface area contributed by atoms with Crippen molar-refractivity contribution in [3.05, 3.63) is 51.9 Å². The van der Waals surface area contributed by atoms with E-state index in [1.54, 1.807) is 34.7 Å². The number of rotatable bonds is 5. The van der Waals surface area contributed by atoms with Gasteiger partial charge in [0.2, 0.25) is 5.91 Å². The van der Waals surface area contributed by atoms with Crippen LogP contribution in [-0.4, -0.2) is 50.0 Å². The molecule has 1 fully saturated rings. The molecule has 0 aliphatic carbocycles. The number of pyridine rings is 1. The Labute approximate surface area is 178 Å². The summed E-state index contributed by atoms with van der Waals surface area (Å²) in [6.07, 6.45) is 4.69. The highest BCUT2D eigenvalue weighted by molar-refractivity contribution is 7.11. The van der Waals surface area contributed by atoms with Gasteiger partial charge in [-0.15, -0.1) is 11.3 Å². The molecule has 4 rings (SSSR count). The highest BCUT2D eigenvalue weighted by atomic mass is 32.1. The van der Waals surface area contributed by atoms with Gasteiger partial charge < -0.3 is 10.2 Å². The lowest BCUT2D eigenvalue weighted by Gasteiger charge is -2.30. The van der Waals surface area contributed by atoms with E-state index < -0.39 is 0 Å². The van der Waals surface area contributed by atoms with Crippen LogP contribution in [0.1, 0.15) is 38.9 Å². The highest BCUT2D eigenvalue weighted by Gasteiger charge is 2.28. The molecule has 0 radical (unpaired) electrons. The van der Waals surface area contributed by atoms with Crippen molar-refractivity contribution < 1.29 is 9.59 Å². The van der Waals surface area contributed by atoms with Crippen molar-refractivity contribution in [3.63, 3.8) is 0 Å². The van der Waals surface area contributed by atoms with Crippen LogP contribution >= 0.6 is 11.3 Å². The fourth-order valence-corrected chi connectivity index (χ4v) is 4.41. The third-order valence-corrected chi connectivity index (χ3v) is 6.50. The SMILES string of the molecule is Cc1nc(CNC(=O)C2CCN(C(=O)c3cc(-c4ccncc4)n[nH]3)CC2)sc1C. The van der Waals surface area contributed by atoms with Crippen LogP contribution in [0.25, 0.3) is 11.3 Å². The average molecular weight is 425 g/mol. The second-order valence-electron chi connectivity index (χ2n) is 7.44. The standard InChI is InChI=1S/C21H24N6O2S/c1-13-14(2)30-19(24-13)12-23-20(28)16-5-9-27(10-6-16)21(29)18-11-17(25-26-18)15-3-7-22-8-4-15/h3-4,7-8,11,16H,5-6,9-10,12H2,1-2H3,(H,23,28)(H,25,26). The lowest BCUT2D eigenvalue weighted by atomic mass is 9.95. The number of nitrogens with one attached hydrogen (secondary N) is 2. The first-order chi connectivity index (χ1) is 14.5. The topological polar surface area (TPSA) is 104 Å². The number of thiazole rings is 1. The predicted molar refractivity (Wildman–Crippen MR) is 114 cm³/mol. The van der Waals surface area contributed by atoms with Crippen molar-refractivity contribution in [2.45, 2.75) is 33.2 Å². The number of carbonyl (C=O) groups is 2. The molecule has 1 saturated heterocycles. The molecule has 2 N–H and O–H groups in total. The molecule has 1 aliphatic heterocycles. The zero-order chi connectivity index (χ0) is 21.1. The van der Waals surface area contributed by atoms with Crippen molar-refractivity contribution in [1.82, 2.24) is 30.4 Å². The number of aromatic amines is 1. The number of likely N-dealkylation sites (tertiary alicyclic amines) is 1. The summed E-state index contributed by atoms with van der Waals surface area (Å²) in [4.78, 5) is 36.7. The molecule has 3 aromatic rings. The normalized spacial score (nSPS) is 14.7. The lowest BCUT2D eigenvalue weighted by molar-refractivity contribution is -0.126. The number of aryl methyl sites for hydroxylation is 2. The molecule has 1 aliphatic rings. The van der Waals surface area contributed by atoms with Gasteiger partial charge in [-0.25, -0.2) is 4.98 Å². The van der Waals surface area contributed by atoms with Crippen LogP contribution in [0.5, 0.6) is 0 Å². The van der Waals surface area contributed by atoms with Crippen molar-refractivity contribution in [2.24, 2.45) is 5.92 Å². The minimum Gasteiger partial charge on any atom is -0.349 e. The summed E-state index contributed by atoms with van der Waals surface area (Å²) in [5, 5.41) is 11.0. The summed E-state index contributed by atoms with van der Waals surface area (Å²) in [6, 6.07) is 5.46. The molecule has 0 saturated carbocycles. The predicted octanol–water partition coefficient (Wildman–Crippen LogP) is 2.71. The summed E-state index contributed by atoms with van der Waals surface area (Å²) < 4.78 is 0. The molecule has 8 nitrogen and oxygen atoms in total. The van der Waals surface area contributed by atoms with Gasteiger partial charge in [-0.3, -0.25) is 19.7 Å². The maximum atomic E-state index is 12.8. The van der Waals surface area contributed by atoms with E-state index in [9.17, 15) is 9.59 Å². The van der Waals surface area contributed by atoms with Gasteiger partial charge in [-0.1, -0.05) is 0 Å². The second kappa shape index (κ2) is 8.74. The first-order valence-corrected chi connectivity index (χ1v) is 10.8. The molecule has 0 atom stereocenters. The molecule has 2 amide bonds. The molecule has 0 spiro atoms. The Morgan fingerprint density at radius 1 is 1.23 bits per heavy atom. The van der Waals surface area contributed by atoms with Crippen LogP contribution in [0.15, 0.2) is 30.6 Å². The Morgan fingerprint density at radius 3 is 2.63 bits per heavy atom. The first kappa shape index (κ1) is 20.2. The minimum atomic E-state index is -0.0876. The van der Waals surface area contributed by atoms with Gasteiger partial charge in [-0.2, -0.15) is 5.10 Å². The van der Waals surface area contributed by atoms with Gasteiger partial charge in [0.25, 0.3) is 5.91 Å². The zero-order valence-corrected chi connectivity index (χ0v) is 17.8. The third-order valence-electron chi connectivity index (χ3n) is 5.42. The summed E-state index contributed by atoms with van der Waals surface area (Å²) in [6.45, 7) is 5.57. The molecule has 0 unspecified atom stereocenters. The maximum absolute atomic E-state index is 12.8. The largest absolute Gasteiger partial charge is 0.349 e. The minimum absolute atomic E-state index is 0.0362. The molecule has 30 heavy (non-hydrogen) atoms. The zero-order valence-electron chi connectivity index (χ0n) is 17.0. The Hall–Kier alpha value is -3.07. The van der Waals surface area contributed by atoms with E-state index in [0.29, 0.717) is 43.9 Å². The number of amides is 2. The van der Waals surface area contributed by atoms with E-state index in [1.165, 1.54) is 4.88 Å². The fourth-order valence-electron chi connectivity index (χ4n) is 3.54. The Balaban J connectivity index is 1.29. The second-order valence-corrected chi connectivity index (χ2v) is 8.72. The number of aromatic nitrogens is 4. The van der Waals surface area contributed by atoms with Gasteiger partial charge in [0.1, 0.15) is 10.7 Å². The summed E-state index contributed by atoms with van der Waals surface area (Å²) in [5.41, 5.74) is 3.09. The lowest BCUT2D eigenvalue weighted by Crippen LogP contribution is -2.43. The van der Waals surface area contributed by atoms with E-state index in [1.807, 2.05) is 26.0 Å². The highest BCUT2D eigenvalue weighted by Crippen LogP contribution is 2.22. The molecular weight excluding hydrogens is 400 g/mol. The summed E-state index contributed by atoms with van der Waals surface area (Å²) in [5.74, 6) is -0.130. The van der Waals surface area contributed by atoms with Crippen LogP contribution in [-0.2, 0) is 11.3 Å². The van der Waals surface area contributed by atoms with Crippen LogP contribution in [0.2, 0.25) is 0 Å². The smallest absolute Gasteiger partial charge is 0.271 e. The molecule has 3 aromatic heterocycles. The number of hydrogen-bond acceptors (Lipinski definition) is 6. The molecule has 0 bridgehead atoms. The molecule has 0 aromatic carbocycles. The Bertz CT molecular complexity index is 1020. The van der Waals surface area contributed by atoms with Crippen LogP contribution in [0.4, 0.5) is 0 Å². The van der Waals surface area contributed by atoms with Crippen molar-refractivity contribution >= 4 is 23.2 Å². The quantitative estimate of drug-likeness (QED) is 0.655. The van der Waals surface area contributed by atoms with Gasteiger partial charge in [0.05, 0.1) is 17.9 Å². The summed E-state index contributed by atoms with van der Waals surface area (Å²) >= 11 is 1.61. The van der Waals surface area contributed by atoms with Crippen molar-refractivity contribution in [2.75, 3.05) is 13.1 Å². The van der Waals surface area contributed by atoms with Gasteiger partial charge in [0, 0.05) is 41.8 Å². The molecule has 156 valence electrons. The number of nitrogens with zero attached hydrogens (tertiary/aromatic N) is 4. The van der Waals surface area contributed by atoms with Crippen molar-refractivity contribution in [1.29, 1.82) is 0 Å². The van der Waals surface area contributed by atoms with E-state index in [4.69, 9.17) is 0 Å². The number of carbonyl (C=O) groups excluding carboxylic acids is 2. The van der Waals surface area contributed by atoms with Crippen molar-refractivity contribution in [3.8, 4) is 11.3 Å². The average Bonchev–Trinajstić information content (AvgIpc) is 3.39. The van der Waals surface area contributed by atoms with Crippen LogP contribution in [0, 0.1) is 19.8 Å². The van der Waals surface area contributed by atoms with E-state index >= 15 is 0 Å². The monoisotopic (exact) mass is 424 g/mol. The molecular formula is C21H24N6O2S. The van der Waals surface area contributed by atoms with E-state index in [0.717, 1.165) is 16.3 Å². The summed E-state index contributed by atoms with van der Waals surface area (Å²) in [7, 11) is 0. The van der Waals surface area contributed by atoms with Gasteiger partial charge in [0.15, 0.2) is 0 Å². The van der Waals surface area contributed by atoms with E-state index in [-0.39, 0.29) is 17.7 Å². The van der Waals surface area contributed by atoms with Crippen LogP contribution in [0.3, 0.4) is 0 Å². The molecule has 4 heterocycles. The van der Waals surface area contributed by atoms with E-state index in [2.05, 4.69) is 25.5 Å². The molecule has 9 heteroatoms. The van der Waals surface area contributed by atoms with Gasteiger partial charge in [-0.05, 0) is 44.9 Å². The van der Waals surface area contributed by atoms with Gasteiger partial charge >= 0.3 is 0 Å². The number of H-pyrrole nitrogens is 1. The fraction of sp³-hybridized carbons (Fsp3) is 0.381. The maximum Gasteiger partial charge on any atom is 0.271 e. The first-order valence-electron chi connectivity index (χ1n) is 9.97.